The molecule has 1 N–H and O–H groups in total. The van der Waals surface area contributed by atoms with Crippen molar-refractivity contribution < 1.29 is 5.21 Å². The van der Waals surface area contributed by atoms with Crippen LogP contribution in [0.2, 0.25) is 5.02 Å². The van der Waals surface area contributed by atoms with E-state index in [0.29, 0.717) is 17.2 Å². The highest BCUT2D eigenvalue weighted by Crippen LogP contribution is 2.15. The molecule has 0 fully saturated rings. The van der Waals surface area contributed by atoms with E-state index in [9.17, 15) is 0 Å². The lowest BCUT2D eigenvalue weighted by Gasteiger charge is -2.01. The number of nitrogens with zero attached hydrogens (tertiary/aromatic N) is 1. The third kappa shape index (κ3) is 2.24. The highest BCUT2D eigenvalue weighted by Gasteiger charge is 2.00. The number of rotatable bonds is 2. The van der Waals surface area contributed by atoms with Gasteiger partial charge in [-0.3, -0.25) is 0 Å². The largest absolute Gasteiger partial charge is 0.411 e. The van der Waals surface area contributed by atoms with Gasteiger partial charge in [-0.2, -0.15) is 0 Å². The van der Waals surface area contributed by atoms with Crippen LogP contribution in [0.3, 0.4) is 0 Å². The summed E-state index contributed by atoms with van der Waals surface area (Å²) < 4.78 is 0. The molecule has 0 aliphatic rings. The van der Waals surface area contributed by atoms with Crippen molar-refractivity contribution in [3.63, 3.8) is 0 Å². The fourth-order valence-electron chi connectivity index (χ4n) is 0.953. The van der Waals surface area contributed by atoms with Crippen LogP contribution in [0.5, 0.6) is 0 Å². The topological polar surface area (TPSA) is 32.6 Å². The molecular weight excluding hydrogens is 174 g/mol. The lowest BCUT2D eigenvalue weighted by atomic mass is 10.1. The Morgan fingerprint density at radius 2 is 2.17 bits per heavy atom. The summed E-state index contributed by atoms with van der Waals surface area (Å²) in [6.07, 6.45) is 0.593. The van der Waals surface area contributed by atoms with Crippen LogP contribution in [0, 0.1) is 0 Å². The Morgan fingerprint density at radius 1 is 1.50 bits per heavy atom. The molecule has 1 aromatic rings. The van der Waals surface area contributed by atoms with Gasteiger partial charge < -0.3 is 5.21 Å². The van der Waals surface area contributed by atoms with Gasteiger partial charge in [-0.15, -0.1) is 0 Å². The van der Waals surface area contributed by atoms with Crippen LogP contribution in [0.15, 0.2) is 29.4 Å². The summed E-state index contributed by atoms with van der Waals surface area (Å²) in [6.45, 7) is 1.75. The molecule has 1 rings (SSSR count). The number of hydrogen-bond acceptors (Lipinski definition) is 2. The molecule has 0 radical (unpaired) electrons. The van der Waals surface area contributed by atoms with Gasteiger partial charge >= 0.3 is 0 Å². The Labute approximate surface area is 76.5 Å². The van der Waals surface area contributed by atoms with Crippen molar-refractivity contribution in [1.82, 2.24) is 0 Å². The average Bonchev–Trinajstić information content (AvgIpc) is 2.09. The fourth-order valence-corrected chi connectivity index (χ4v) is 1.16. The number of oxime groups is 1. The summed E-state index contributed by atoms with van der Waals surface area (Å²) in [5.41, 5.74) is 1.64. The van der Waals surface area contributed by atoms with E-state index >= 15 is 0 Å². The van der Waals surface area contributed by atoms with Crippen LogP contribution >= 0.6 is 11.6 Å². The predicted octanol–water partition coefficient (Wildman–Crippen LogP) is 2.73. The Bertz CT molecular complexity index is 296. The molecule has 0 heterocycles. The molecule has 1 aromatic carbocycles. The van der Waals surface area contributed by atoms with Crippen molar-refractivity contribution in [2.24, 2.45) is 5.16 Å². The van der Waals surface area contributed by atoms with E-state index in [1.54, 1.807) is 6.92 Å². The highest BCUT2D eigenvalue weighted by molar-refractivity contribution is 6.31. The maximum Gasteiger partial charge on any atom is 0.0584 e. The summed E-state index contributed by atoms with van der Waals surface area (Å²) in [4.78, 5) is 0. The van der Waals surface area contributed by atoms with Gasteiger partial charge in [-0.25, -0.2) is 0 Å². The normalized spacial score (nSPS) is 11.7. The first-order chi connectivity index (χ1) is 5.74. The molecule has 2 nitrogen and oxygen atoms in total. The summed E-state index contributed by atoms with van der Waals surface area (Å²) >= 11 is 5.89. The van der Waals surface area contributed by atoms with E-state index in [4.69, 9.17) is 16.8 Å². The van der Waals surface area contributed by atoms with Crippen molar-refractivity contribution in [2.45, 2.75) is 13.3 Å². The van der Waals surface area contributed by atoms with Crippen molar-refractivity contribution in [2.75, 3.05) is 0 Å². The third-order valence-corrected chi connectivity index (χ3v) is 1.94. The van der Waals surface area contributed by atoms with Crippen LogP contribution in [0.1, 0.15) is 12.5 Å². The minimum absolute atomic E-state index is 0.593. The third-order valence-electron chi connectivity index (χ3n) is 1.57. The second-order valence-corrected chi connectivity index (χ2v) is 3.01. The van der Waals surface area contributed by atoms with Crippen LogP contribution < -0.4 is 0 Å². The lowest BCUT2D eigenvalue weighted by molar-refractivity contribution is 0.317. The van der Waals surface area contributed by atoms with Crippen LogP contribution in [-0.2, 0) is 6.42 Å². The number of halogens is 1. The highest BCUT2D eigenvalue weighted by atomic mass is 35.5. The van der Waals surface area contributed by atoms with Crippen molar-refractivity contribution in [3.8, 4) is 0 Å². The quantitative estimate of drug-likeness (QED) is 0.427. The van der Waals surface area contributed by atoms with Crippen LogP contribution in [-0.4, -0.2) is 10.9 Å². The SMILES string of the molecule is CC(Cc1ccccc1Cl)=NO. The summed E-state index contributed by atoms with van der Waals surface area (Å²) in [5.74, 6) is 0. The molecule has 0 saturated heterocycles. The van der Waals surface area contributed by atoms with Gasteiger partial charge in [0.05, 0.1) is 5.71 Å². The molecule has 0 bridgehead atoms. The zero-order chi connectivity index (χ0) is 8.97. The molecule has 0 aliphatic carbocycles. The molecule has 64 valence electrons. The van der Waals surface area contributed by atoms with Crippen molar-refractivity contribution in [3.05, 3.63) is 34.9 Å². The Hall–Kier alpha value is -1.02. The molecule has 3 heteroatoms. The summed E-state index contributed by atoms with van der Waals surface area (Å²) in [7, 11) is 0. The van der Waals surface area contributed by atoms with Crippen molar-refractivity contribution in [1.29, 1.82) is 0 Å². The second kappa shape index (κ2) is 4.12. The Morgan fingerprint density at radius 3 is 2.75 bits per heavy atom. The first-order valence-corrected chi connectivity index (χ1v) is 4.03. The predicted molar refractivity (Wildman–Crippen MR) is 50.1 cm³/mol. The van der Waals surface area contributed by atoms with Crippen LogP contribution in [0.25, 0.3) is 0 Å². The first kappa shape index (κ1) is 9.07. The smallest absolute Gasteiger partial charge is 0.0584 e. The van der Waals surface area contributed by atoms with Gasteiger partial charge in [-0.05, 0) is 18.6 Å². The van der Waals surface area contributed by atoms with Gasteiger partial charge in [0.15, 0.2) is 0 Å². The van der Waals surface area contributed by atoms with Crippen LogP contribution in [0.4, 0.5) is 0 Å². The zero-order valence-electron chi connectivity index (χ0n) is 6.79. The fraction of sp³-hybridized carbons (Fsp3) is 0.222. The van der Waals surface area contributed by atoms with Gasteiger partial charge in [0.2, 0.25) is 0 Å². The maximum atomic E-state index is 8.43. The molecule has 0 saturated carbocycles. The first-order valence-electron chi connectivity index (χ1n) is 3.65. The van der Waals surface area contributed by atoms with E-state index in [2.05, 4.69) is 5.16 Å². The molecule has 0 amide bonds. The molecule has 0 unspecified atom stereocenters. The monoisotopic (exact) mass is 183 g/mol. The van der Waals surface area contributed by atoms with Crippen molar-refractivity contribution >= 4 is 17.3 Å². The van der Waals surface area contributed by atoms with Gasteiger partial charge in [0.25, 0.3) is 0 Å². The minimum Gasteiger partial charge on any atom is -0.411 e. The Balaban J connectivity index is 2.82. The standard InChI is InChI=1S/C9H10ClNO/c1-7(11-12)6-8-4-2-3-5-9(8)10/h2-5,12H,6H2,1H3. The molecule has 0 aliphatic heterocycles. The molecule has 12 heavy (non-hydrogen) atoms. The lowest BCUT2D eigenvalue weighted by Crippen LogP contribution is -1.97. The molecular formula is C9H10ClNO. The Kier molecular flexibility index (Phi) is 3.11. The second-order valence-electron chi connectivity index (χ2n) is 2.60. The van der Waals surface area contributed by atoms with Gasteiger partial charge in [0, 0.05) is 11.4 Å². The molecule has 0 aromatic heterocycles. The van der Waals surface area contributed by atoms with Gasteiger partial charge in [-0.1, -0.05) is 35.0 Å². The summed E-state index contributed by atoms with van der Waals surface area (Å²) in [6, 6.07) is 7.52. The molecule has 0 spiro atoms. The van der Waals surface area contributed by atoms with E-state index in [-0.39, 0.29) is 0 Å². The summed E-state index contributed by atoms with van der Waals surface area (Å²) in [5, 5.41) is 12.2. The maximum absolute atomic E-state index is 8.43. The number of hydrogen-bond donors (Lipinski definition) is 1. The van der Waals surface area contributed by atoms with E-state index in [0.717, 1.165) is 5.56 Å². The van der Waals surface area contributed by atoms with E-state index in [1.807, 2.05) is 24.3 Å². The minimum atomic E-state index is 0.593. The van der Waals surface area contributed by atoms with E-state index in [1.165, 1.54) is 0 Å². The number of benzene rings is 1. The van der Waals surface area contributed by atoms with Gasteiger partial charge in [0.1, 0.15) is 0 Å². The average molecular weight is 184 g/mol. The molecule has 0 atom stereocenters. The van der Waals surface area contributed by atoms with E-state index < -0.39 is 0 Å². The zero-order valence-corrected chi connectivity index (χ0v) is 7.54.